The van der Waals surface area contributed by atoms with E-state index >= 15 is 0 Å². The van der Waals surface area contributed by atoms with Crippen molar-refractivity contribution in [1.29, 1.82) is 0 Å². The Labute approximate surface area is 235 Å². The van der Waals surface area contributed by atoms with Crippen molar-refractivity contribution >= 4 is 52.1 Å². The first-order valence-corrected chi connectivity index (χ1v) is 13.9. The van der Waals surface area contributed by atoms with Crippen LogP contribution in [0.5, 0.6) is 0 Å². The summed E-state index contributed by atoms with van der Waals surface area (Å²) in [6.45, 7) is 11.8. The molecular weight excluding hydrogens is 522 g/mol. The third kappa shape index (κ3) is 8.24. The third-order valence-corrected chi connectivity index (χ3v) is 7.21. The van der Waals surface area contributed by atoms with Crippen LogP contribution in [0, 0.1) is 23.2 Å². The van der Waals surface area contributed by atoms with Gasteiger partial charge in [-0.2, -0.15) is 0 Å². The van der Waals surface area contributed by atoms with Gasteiger partial charge in [-0.1, -0.05) is 50.6 Å². The number of anilines is 2. The average molecular weight is 560 g/mol. The van der Waals surface area contributed by atoms with E-state index in [1.807, 2.05) is 41.5 Å². The zero-order valence-electron chi connectivity index (χ0n) is 23.2. The minimum atomic E-state index is -1.15. The van der Waals surface area contributed by atoms with E-state index in [0.717, 1.165) is 24.2 Å². The molecule has 1 aromatic carbocycles. The van der Waals surface area contributed by atoms with E-state index in [-0.39, 0.29) is 51.6 Å². The van der Waals surface area contributed by atoms with E-state index in [9.17, 15) is 19.5 Å². The van der Waals surface area contributed by atoms with E-state index in [0.29, 0.717) is 16.3 Å². The molecule has 9 heteroatoms. The lowest BCUT2D eigenvalue weighted by atomic mass is 9.98. The van der Waals surface area contributed by atoms with E-state index < -0.39 is 11.9 Å². The summed E-state index contributed by atoms with van der Waals surface area (Å²) in [5.41, 5.74) is 6.54. The molecule has 1 unspecified atom stereocenters. The van der Waals surface area contributed by atoms with Crippen LogP contribution in [0.4, 0.5) is 11.4 Å². The van der Waals surface area contributed by atoms with Crippen LogP contribution in [-0.2, 0) is 4.79 Å². The molecular formula is C29H38ClN3O4S. The molecule has 2 aromatic rings. The normalized spacial score (nSPS) is 12.0. The van der Waals surface area contributed by atoms with Gasteiger partial charge in [0, 0.05) is 41.7 Å². The van der Waals surface area contributed by atoms with Crippen LogP contribution >= 0.6 is 22.9 Å². The number of halogens is 1. The van der Waals surface area contributed by atoms with Crippen molar-refractivity contribution in [3.63, 3.8) is 0 Å². The maximum Gasteiger partial charge on any atom is 0.348 e. The molecule has 0 aliphatic carbocycles. The average Bonchev–Trinajstić information content (AvgIpc) is 3.25. The van der Waals surface area contributed by atoms with Gasteiger partial charge in [0.25, 0.3) is 5.91 Å². The van der Waals surface area contributed by atoms with Crippen LogP contribution in [0.15, 0.2) is 24.3 Å². The van der Waals surface area contributed by atoms with Gasteiger partial charge in [-0.15, -0.1) is 11.3 Å². The van der Waals surface area contributed by atoms with Gasteiger partial charge in [0.05, 0.1) is 16.1 Å². The lowest BCUT2D eigenvalue weighted by Gasteiger charge is -2.32. The molecule has 0 radical (unpaired) electrons. The SMILES string of the molecule is CCCC(CCN(C(=O)c1ccc(Cl)cc1N)c1cc(C#CC(C)(C)C)sc1C(=O)O)N(C)C(=O)C(C)C. The number of rotatable bonds is 10. The summed E-state index contributed by atoms with van der Waals surface area (Å²) in [5.74, 6) is 4.45. The van der Waals surface area contributed by atoms with Gasteiger partial charge in [0.15, 0.2) is 0 Å². The van der Waals surface area contributed by atoms with Gasteiger partial charge < -0.3 is 20.6 Å². The quantitative estimate of drug-likeness (QED) is 0.259. The number of hydrogen-bond acceptors (Lipinski definition) is 5. The molecule has 0 spiro atoms. The number of aromatic carboxylic acids is 1. The highest BCUT2D eigenvalue weighted by Gasteiger charge is 2.29. The minimum absolute atomic E-state index is 0.0164. The molecule has 1 aromatic heterocycles. The van der Waals surface area contributed by atoms with Crippen molar-refractivity contribution in [2.24, 2.45) is 11.3 Å². The molecule has 206 valence electrons. The molecule has 2 amide bonds. The Balaban J connectivity index is 2.59. The second-order valence-electron chi connectivity index (χ2n) is 10.7. The van der Waals surface area contributed by atoms with Gasteiger partial charge in [-0.25, -0.2) is 4.79 Å². The maximum atomic E-state index is 13.9. The predicted octanol–water partition coefficient (Wildman–Crippen LogP) is 6.40. The molecule has 0 saturated carbocycles. The molecule has 0 aliphatic heterocycles. The number of thiophene rings is 1. The van der Waals surface area contributed by atoms with Crippen molar-refractivity contribution < 1.29 is 19.5 Å². The second kappa shape index (κ2) is 13.2. The lowest BCUT2D eigenvalue weighted by molar-refractivity contribution is -0.135. The number of carbonyl (C=O) groups excluding carboxylic acids is 2. The van der Waals surface area contributed by atoms with E-state index in [2.05, 4.69) is 11.8 Å². The van der Waals surface area contributed by atoms with Crippen molar-refractivity contribution in [2.45, 2.75) is 66.8 Å². The molecule has 0 saturated heterocycles. The molecule has 0 fully saturated rings. The smallest absolute Gasteiger partial charge is 0.348 e. The summed E-state index contributed by atoms with van der Waals surface area (Å²) < 4.78 is 0. The lowest BCUT2D eigenvalue weighted by Crippen LogP contribution is -2.42. The molecule has 38 heavy (non-hydrogen) atoms. The Morgan fingerprint density at radius 2 is 1.82 bits per heavy atom. The highest BCUT2D eigenvalue weighted by Crippen LogP contribution is 2.33. The molecule has 7 nitrogen and oxygen atoms in total. The molecule has 1 heterocycles. The van der Waals surface area contributed by atoms with Crippen LogP contribution in [0.2, 0.25) is 5.02 Å². The highest BCUT2D eigenvalue weighted by atomic mass is 35.5. The van der Waals surface area contributed by atoms with Crippen molar-refractivity contribution in [3.05, 3.63) is 44.6 Å². The number of carbonyl (C=O) groups is 3. The zero-order chi connectivity index (χ0) is 28.8. The van der Waals surface area contributed by atoms with Crippen LogP contribution in [0.3, 0.4) is 0 Å². The Kier molecular flexibility index (Phi) is 10.8. The molecule has 0 bridgehead atoms. The van der Waals surface area contributed by atoms with E-state index in [1.165, 1.54) is 17.0 Å². The number of carboxylic acid groups (broad SMARTS) is 1. The number of nitrogens with two attached hydrogens (primary N) is 1. The first-order valence-electron chi connectivity index (χ1n) is 12.7. The Morgan fingerprint density at radius 1 is 1.16 bits per heavy atom. The van der Waals surface area contributed by atoms with Gasteiger partial charge >= 0.3 is 5.97 Å². The minimum Gasteiger partial charge on any atom is -0.477 e. The summed E-state index contributed by atoms with van der Waals surface area (Å²) >= 11 is 7.09. The summed E-state index contributed by atoms with van der Waals surface area (Å²) in [4.78, 5) is 42.6. The highest BCUT2D eigenvalue weighted by molar-refractivity contribution is 7.15. The number of amides is 2. The standard InChI is InChI=1S/C29H38ClN3O4S/c1-8-9-20(32(7)26(34)18(2)3)13-15-33(27(35)22-11-10-19(30)16-23(22)31)24-17-21(12-14-29(4,5)6)38-25(24)28(36)37/h10-11,16-18,20H,8-9,13,15,31H2,1-7H3,(H,36,37). The monoisotopic (exact) mass is 559 g/mol. The van der Waals surface area contributed by atoms with Gasteiger partial charge in [0.2, 0.25) is 5.91 Å². The van der Waals surface area contributed by atoms with Crippen LogP contribution in [0.25, 0.3) is 0 Å². The van der Waals surface area contributed by atoms with Crippen LogP contribution < -0.4 is 10.6 Å². The van der Waals surface area contributed by atoms with Crippen molar-refractivity contribution in [3.8, 4) is 11.8 Å². The predicted molar refractivity (Wildman–Crippen MR) is 156 cm³/mol. The third-order valence-electron chi connectivity index (χ3n) is 5.94. The number of hydrogen-bond donors (Lipinski definition) is 2. The molecule has 1 atom stereocenters. The fraction of sp³-hybridized carbons (Fsp3) is 0.483. The van der Waals surface area contributed by atoms with E-state index in [1.54, 1.807) is 24.1 Å². The largest absolute Gasteiger partial charge is 0.477 e. The maximum absolute atomic E-state index is 13.9. The Bertz CT molecular complexity index is 1240. The number of nitrogens with zero attached hydrogens (tertiary/aromatic N) is 2. The van der Waals surface area contributed by atoms with Gasteiger partial charge in [-0.3, -0.25) is 9.59 Å². The topological polar surface area (TPSA) is 104 Å². The summed E-state index contributed by atoms with van der Waals surface area (Å²) in [5, 5.41) is 10.4. The van der Waals surface area contributed by atoms with Crippen molar-refractivity contribution in [2.75, 3.05) is 24.2 Å². The fourth-order valence-electron chi connectivity index (χ4n) is 3.98. The van der Waals surface area contributed by atoms with Gasteiger partial charge in [-0.05, 0) is 57.9 Å². The molecule has 3 N–H and O–H groups in total. The number of carboxylic acids is 1. The molecule has 0 aliphatic rings. The first-order chi connectivity index (χ1) is 17.7. The summed E-state index contributed by atoms with van der Waals surface area (Å²) in [6.07, 6.45) is 2.06. The number of benzene rings is 1. The first kappa shape index (κ1) is 31.2. The number of nitrogen functional groups attached to an aromatic ring is 1. The van der Waals surface area contributed by atoms with Crippen LogP contribution in [0.1, 0.15) is 85.7 Å². The summed E-state index contributed by atoms with van der Waals surface area (Å²) in [7, 11) is 1.78. The fourth-order valence-corrected chi connectivity index (χ4v) is 5.02. The Morgan fingerprint density at radius 3 is 2.34 bits per heavy atom. The second-order valence-corrected chi connectivity index (χ2v) is 12.1. The van der Waals surface area contributed by atoms with Crippen molar-refractivity contribution in [1.82, 2.24) is 4.90 Å². The van der Waals surface area contributed by atoms with E-state index in [4.69, 9.17) is 17.3 Å². The van der Waals surface area contributed by atoms with Gasteiger partial charge in [0.1, 0.15) is 4.88 Å². The van der Waals surface area contributed by atoms with Crippen LogP contribution in [-0.4, -0.2) is 47.4 Å². The zero-order valence-corrected chi connectivity index (χ0v) is 24.8. The molecule has 2 rings (SSSR count). The Hall–Kier alpha value is -3.02. The summed E-state index contributed by atoms with van der Waals surface area (Å²) in [6, 6.07) is 6.13.